The number of carbonyl (C=O) groups is 1. The average Bonchev–Trinajstić information content (AvgIpc) is 2.54. The molecule has 0 aromatic heterocycles. The van der Waals surface area contributed by atoms with E-state index in [9.17, 15) is 4.79 Å². The van der Waals surface area contributed by atoms with E-state index in [0.717, 1.165) is 12.0 Å². The number of benzene rings is 1. The lowest BCUT2D eigenvalue weighted by atomic mass is 9.96. The van der Waals surface area contributed by atoms with Gasteiger partial charge < -0.3 is 11.1 Å². The molecule has 3 heteroatoms. The van der Waals surface area contributed by atoms with Crippen molar-refractivity contribution >= 4 is 11.6 Å². The summed E-state index contributed by atoms with van der Waals surface area (Å²) in [4.78, 5) is 12.3. The molecule has 2 unspecified atom stereocenters. The molecule has 1 aromatic rings. The Morgan fingerprint density at radius 3 is 2.68 bits per heavy atom. The van der Waals surface area contributed by atoms with E-state index in [4.69, 9.17) is 5.73 Å². The van der Waals surface area contributed by atoms with Gasteiger partial charge in [-0.1, -0.05) is 26.2 Å². The maximum Gasteiger partial charge on any atom is 0.251 e. The number of hydrogen-bond donors (Lipinski definition) is 2. The van der Waals surface area contributed by atoms with Crippen molar-refractivity contribution in [3.63, 3.8) is 0 Å². The van der Waals surface area contributed by atoms with Crippen molar-refractivity contribution < 1.29 is 4.79 Å². The molecule has 0 radical (unpaired) electrons. The molecule has 1 aromatic carbocycles. The Labute approximate surface area is 115 Å². The molecule has 19 heavy (non-hydrogen) atoms. The minimum Gasteiger partial charge on any atom is -0.399 e. The molecular formula is C16H24N2O. The van der Waals surface area contributed by atoms with Gasteiger partial charge in [-0.25, -0.2) is 0 Å². The summed E-state index contributed by atoms with van der Waals surface area (Å²) in [6, 6.07) is 5.83. The lowest BCUT2D eigenvalue weighted by molar-refractivity contribution is 0.0921. The Balaban J connectivity index is 2.07. The molecule has 3 N–H and O–H groups in total. The Bertz CT molecular complexity index is 436. The normalized spacial score (nSPS) is 23.7. The number of anilines is 1. The minimum atomic E-state index is 0.00847. The summed E-state index contributed by atoms with van der Waals surface area (Å²) >= 11 is 0. The van der Waals surface area contributed by atoms with Crippen LogP contribution in [0.5, 0.6) is 0 Å². The monoisotopic (exact) mass is 260 g/mol. The highest BCUT2D eigenvalue weighted by molar-refractivity contribution is 5.95. The van der Waals surface area contributed by atoms with Gasteiger partial charge in [-0.05, 0) is 49.4 Å². The Morgan fingerprint density at radius 2 is 1.95 bits per heavy atom. The van der Waals surface area contributed by atoms with Crippen molar-refractivity contribution in [3.8, 4) is 0 Å². The van der Waals surface area contributed by atoms with Gasteiger partial charge in [0.25, 0.3) is 5.91 Å². The zero-order valence-corrected chi connectivity index (χ0v) is 11.9. The van der Waals surface area contributed by atoms with Crippen LogP contribution in [0.4, 0.5) is 5.69 Å². The number of nitrogen functional groups attached to an aromatic ring is 1. The third-order valence-electron chi connectivity index (χ3n) is 4.04. The van der Waals surface area contributed by atoms with Crippen molar-refractivity contribution in [1.29, 1.82) is 0 Å². The number of aryl methyl sites for hydroxylation is 1. The zero-order chi connectivity index (χ0) is 13.8. The van der Waals surface area contributed by atoms with Crippen molar-refractivity contribution in [2.45, 2.75) is 52.0 Å². The maximum atomic E-state index is 12.3. The molecule has 1 fully saturated rings. The van der Waals surface area contributed by atoms with Crippen molar-refractivity contribution in [3.05, 3.63) is 29.3 Å². The highest BCUT2D eigenvalue weighted by Gasteiger charge is 2.22. The molecule has 0 bridgehead atoms. The van der Waals surface area contributed by atoms with Crippen molar-refractivity contribution in [2.24, 2.45) is 5.92 Å². The lowest BCUT2D eigenvalue weighted by Gasteiger charge is -2.23. The SMILES string of the molecule is Cc1cc(N)cc(C(=O)NC2CCCCCC2C)c1. The van der Waals surface area contributed by atoms with E-state index < -0.39 is 0 Å². The van der Waals surface area contributed by atoms with E-state index in [2.05, 4.69) is 12.2 Å². The van der Waals surface area contributed by atoms with Crippen LogP contribution < -0.4 is 11.1 Å². The predicted octanol–water partition coefficient (Wildman–Crippen LogP) is 3.28. The van der Waals surface area contributed by atoms with Crippen LogP contribution in [0, 0.1) is 12.8 Å². The first kappa shape index (κ1) is 13.9. The first-order valence-electron chi connectivity index (χ1n) is 7.24. The first-order chi connectivity index (χ1) is 9.06. The highest BCUT2D eigenvalue weighted by atomic mass is 16.1. The van der Waals surface area contributed by atoms with E-state index in [1.807, 2.05) is 19.1 Å². The van der Waals surface area contributed by atoms with Gasteiger partial charge >= 0.3 is 0 Å². The minimum absolute atomic E-state index is 0.00847. The van der Waals surface area contributed by atoms with Crippen LogP contribution in [0.25, 0.3) is 0 Å². The second-order valence-electron chi connectivity index (χ2n) is 5.83. The van der Waals surface area contributed by atoms with E-state index in [1.165, 1.54) is 25.7 Å². The summed E-state index contributed by atoms with van der Waals surface area (Å²) < 4.78 is 0. The van der Waals surface area contributed by atoms with Gasteiger partial charge in [-0.2, -0.15) is 0 Å². The fourth-order valence-electron chi connectivity index (χ4n) is 2.90. The molecule has 0 heterocycles. The van der Waals surface area contributed by atoms with E-state index in [0.29, 0.717) is 23.2 Å². The molecule has 0 spiro atoms. The number of amides is 1. The van der Waals surface area contributed by atoms with E-state index in [1.54, 1.807) is 6.07 Å². The van der Waals surface area contributed by atoms with Crippen LogP contribution in [-0.4, -0.2) is 11.9 Å². The van der Waals surface area contributed by atoms with Gasteiger partial charge in [-0.15, -0.1) is 0 Å². The Hall–Kier alpha value is -1.51. The van der Waals surface area contributed by atoms with Gasteiger partial charge in [0, 0.05) is 17.3 Å². The predicted molar refractivity (Wildman–Crippen MR) is 79.1 cm³/mol. The molecular weight excluding hydrogens is 236 g/mol. The van der Waals surface area contributed by atoms with Crippen LogP contribution in [0.3, 0.4) is 0 Å². The summed E-state index contributed by atoms with van der Waals surface area (Å²) in [5.41, 5.74) is 8.16. The first-order valence-corrected chi connectivity index (χ1v) is 7.24. The summed E-state index contributed by atoms with van der Waals surface area (Å²) in [5, 5.41) is 3.18. The van der Waals surface area contributed by atoms with Crippen molar-refractivity contribution in [1.82, 2.24) is 5.32 Å². The van der Waals surface area contributed by atoms with E-state index in [-0.39, 0.29) is 5.91 Å². The number of nitrogens with two attached hydrogens (primary N) is 1. The highest BCUT2D eigenvalue weighted by Crippen LogP contribution is 2.23. The molecule has 0 saturated heterocycles. The third kappa shape index (κ3) is 3.72. The van der Waals surface area contributed by atoms with Gasteiger partial charge in [-0.3, -0.25) is 4.79 Å². The molecule has 2 atom stereocenters. The van der Waals surface area contributed by atoms with Crippen LogP contribution >= 0.6 is 0 Å². The molecule has 2 rings (SSSR count). The van der Waals surface area contributed by atoms with Crippen molar-refractivity contribution in [2.75, 3.05) is 5.73 Å². The maximum absolute atomic E-state index is 12.3. The van der Waals surface area contributed by atoms with Gasteiger partial charge in [0.15, 0.2) is 0 Å². The van der Waals surface area contributed by atoms with Crippen LogP contribution in [0.1, 0.15) is 54.9 Å². The smallest absolute Gasteiger partial charge is 0.251 e. The summed E-state index contributed by atoms with van der Waals surface area (Å²) in [6.07, 6.45) is 6.08. The number of carbonyl (C=O) groups excluding carboxylic acids is 1. The summed E-state index contributed by atoms with van der Waals surface area (Å²) in [5.74, 6) is 0.572. The quantitative estimate of drug-likeness (QED) is 0.633. The largest absolute Gasteiger partial charge is 0.399 e. The molecule has 1 amide bonds. The lowest BCUT2D eigenvalue weighted by Crippen LogP contribution is -2.38. The standard InChI is InChI=1S/C16H24N2O/c1-11-8-13(10-14(17)9-11)16(19)18-15-7-5-3-4-6-12(15)2/h8-10,12,15H,3-7,17H2,1-2H3,(H,18,19). The Morgan fingerprint density at radius 1 is 1.21 bits per heavy atom. The molecule has 1 saturated carbocycles. The number of nitrogens with one attached hydrogen (secondary N) is 1. The number of rotatable bonds is 2. The van der Waals surface area contributed by atoms with Gasteiger partial charge in [0.2, 0.25) is 0 Å². The topological polar surface area (TPSA) is 55.1 Å². The van der Waals surface area contributed by atoms with Gasteiger partial charge in [0.1, 0.15) is 0 Å². The van der Waals surface area contributed by atoms with Crippen LogP contribution in [0.2, 0.25) is 0 Å². The van der Waals surface area contributed by atoms with Crippen LogP contribution in [0.15, 0.2) is 18.2 Å². The second-order valence-corrected chi connectivity index (χ2v) is 5.83. The third-order valence-corrected chi connectivity index (χ3v) is 4.04. The average molecular weight is 260 g/mol. The van der Waals surface area contributed by atoms with Gasteiger partial charge in [0.05, 0.1) is 0 Å². The second kappa shape index (κ2) is 6.09. The zero-order valence-electron chi connectivity index (χ0n) is 11.9. The fraction of sp³-hybridized carbons (Fsp3) is 0.562. The fourth-order valence-corrected chi connectivity index (χ4v) is 2.90. The van der Waals surface area contributed by atoms with Crippen LogP contribution in [-0.2, 0) is 0 Å². The summed E-state index contributed by atoms with van der Waals surface area (Å²) in [7, 11) is 0. The molecule has 3 nitrogen and oxygen atoms in total. The molecule has 104 valence electrons. The summed E-state index contributed by atoms with van der Waals surface area (Å²) in [6.45, 7) is 4.20. The molecule has 1 aliphatic carbocycles. The molecule has 0 aliphatic heterocycles. The molecule has 1 aliphatic rings. The van der Waals surface area contributed by atoms with E-state index >= 15 is 0 Å². The number of hydrogen-bond acceptors (Lipinski definition) is 2. The Kier molecular flexibility index (Phi) is 4.46.